The molecule has 0 unspecified atom stereocenters. The molecule has 0 fully saturated rings. The van der Waals surface area contributed by atoms with Crippen LogP contribution >= 0.6 is 47.0 Å². The maximum atomic E-state index is 13.9. The zero-order valence-corrected chi connectivity index (χ0v) is 49.7. The lowest BCUT2D eigenvalue weighted by molar-refractivity contribution is -0.138. The molecule has 0 aliphatic heterocycles. The van der Waals surface area contributed by atoms with Gasteiger partial charge in [0.05, 0.1) is 102 Å². The molecule has 2 aromatic rings. The number of thioether (sulfide) groups is 4. The molecule has 0 saturated heterocycles. The SMILES string of the molecule is Cc1c(F)c(F)c(F)c(OC(=O)CCSCCOCCOCCSCCS(=O)(=O)CCOCCN(C)CCC(=O)O)c1F.Cc1c(F)c(F)c(F)c(OC(=O)CCSCCSCCS(=O)(=O)CCOCCN(C)CCC(=O)O)c1F. The molecule has 0 atom stereocenters. The lowest BCUT2D eigenvalue weighted by atomic mass is 10.2. The topological polar surface area (TPSA) is 239 Å². The Kier molecular flexibility index (Phi) is 39.1. The second kappa shape index (κ2) is 41.8. The first-order chi connectivity index (χ1) is 37.7. The van der Waals surface area contributed by atoms with E-state index < -0.39 is 113 Å². The third-order valence-corrected chi connectivity index (χ3v) is 18.4. The molecule has 2 rings (SSSR count). The first kappa shape index (κ1) is 74.8. The summed E-state index contributed by atoms with van der Waals surface area (Å²) in [6.07, 6.45) is -0.352. The first-order valence-electron chi connectivity index (χ1n) is 24.6. The van der Waals surface area contributed by atoms with Gasteiger partial charge < -0.3 is 48.4 Å². The molecule has 0 aliphatic rings. The quantitative estimate of drug-likeness (QED) is 0.0184. The van der Waals surface area contributed by atoms with Crippen molar-refractivity contribution in [3.05, 3.63) is 57.7 Å². The summed E-state index contributed by atoms with van der Waals surface area (Å²) in [5.74, 6) is -16.6. The molecule has 0 saturated carbocycles. The highest BCUT2D eigenvalue weighted by molar-refractivity contribution is 8.03. The molecule has 0 spiro atoms. The Labute approximate surface area is 478 Å². The van der Waals surface area contributed by atoms with Crippen LogP contribution in [0.15, 0.2) is 0 Å². The summed E-state index contributed by atoms with van der Waals surface area (Å²) in [4.78, 5) is 48.2. The van der Waals surface area contributed by atoms with Crippen molar-refractivity contribution >= 4 is 90.6 Å². The van der Waals surface area contributed by atoms with Crippen molar-refractivity contribution in [3.63, 3.8) is 0 Å². The molecule has 0 aliphatic carbocycles. The largest absolute Gasteiger partial charge is 0.481 e. The Bertz CT molecular complexity index is 2400. The number of sulfone groups is 2. The number of benzene rings is 2. The van der Waals surface area contributed by atoms with Gasteiger partial charge in [-0.3, -0.25) is 19.2 Å². The molecule has 0 heterocycles. The summed E-state index contributed by atoms with van der Waals surface area (Å²) in [6.45, 7) is 5.86. The number of carboxylic acids is 2. The number of carbonyl (C=O) groups excluding carboxylic acids is 2. The molecule has 460 valence electrons. The molecule has 32 heteroatoms. The molecule has 0 radical (unpaired) electrons. The fourth-order valence-electron chi connectivity index (χ4n) is 5.74. The predicted octanol–water partition coefficient (Wildman–Crippen LogP) is 6.34. The fraction of sp³-hybridized carbons (Fsp3) is 0.667. The summed E-state index contributed by atoms with van der Waals surface area (Å²) in [5, 5.41) is 17.3. The van der Waals surface area contributed by atoms with Gasteiger partial charge in [0.1, 0.15) is 0 Å². The van der Waals surface area contributed by atoms with E-state index in [-0.39, 0.29) is 73.4 Å². The van der Waals surface area contributed by atoms with Crippen molar-refractivity contribution in [2.75, 3.05) is 162 Å². The van der Waals surface area contributed by atoms with Gasteiger partial charge in [0.25, 0.3) is 0 Å². The number of esters is 2. The van der Waals surface area contributed by atoms with E-state index >= 15 is 0 Å². The van der Waals surface area contributed by atoms with Gasteiger partial charge in [0.15, 0.2) is 54.6 Å². The van der Waals surface area contributed by atoms with Crippen LogP contribution in [0.5, 0.6) is 11.5 Å². The van der Waals surface area contributed by atoms with Crippen LogP contribution < -0.4 is 9.47 Å². The number of rotatable bonds is 44. The van der Waals surface area contributed by atoms with Crippen LogP contribution in [0.3, 0.4) is 0 Å². The summed E-state index contributed by atoms with van der Waals surface area (Å²) in [6, 6.07) is 0. The highest BCUT2D eigenvalue weighted by atomic mass is 32.2. The molecule has 0 aromatic heterocycles. The number of hydrogen-bond acceptors (Lipinski definition) is 20. The number of carboxylic acid groups (broad SMARTS) is 2. The lowest BCUT2D eigenvalue weighted by Crippen LogP contribution is -2.26. The van der Waals surface area contributed by atoms with Crippen LogP contribution in [-0.2, 0) is 57.8 Å². The van der Waals surface area contributed by atoms with Crippen molar-refractivity contribution in [1.29, 1.82) is 0 Å². The van der Waals surface area contributed by atoms with Crippen LogP contribution in [0.25, 0.3) is 0 Å². The molecule has 18 nitrogen and oxygen atoms in total. The van der Waals surface area contributed by atoms with Gasteiger partial charge in [-0.15, -0.1) is 0 Å². The zero-order chi connectivity index (χ0) is 60.3. The molecule has 2 aromatic carbocycles. The van der Waals surface area contributed by atoms with Gasteiger partial charge in [0, 0.05) is 83.3 Å². The highest BCUT2D eigenvalue weighted by Gasteiger charge is 2.27. The monoisotopic (exact) mass is 1270 g/mol. The third-order valence-electron chi connectivity index (χ3n) is 10.5. The maximum absolute atomic E-state index is 13.9. The molecule has 0 amide bonds. The van der Waals surface area contributed by atoms with Gasteiger partial charge in [-0.2, -0.15) is 55.8 Å². The lowest BCUT2D eigenvalue weighted by Gasteiger charge is -2.15. The van der Waals surface area contributed by atoms with Crippen molar-refractivity contribution < 1.29 is 110 Å². The van der Waals surface area contributed by atoms with Gasteiger partial charge in [-0.1, -0.05) is 0 Å². The van der Waals surface area contributed by atoms with E-state index in [0.717, 1.165) is 13.8 Å². The van der Waals surface area contributed by atoms with E-state index in [1.165, 1.54) is 47.0 Å². The Morgan fingerprint density at radius 1 is 0.400 bits per heavy atom. The molecule has 0 bridgehead atoms. The van der Waals surface area contributed by atoms with Gasteiger partial charge >= 0.3 is 23.9 Å². The number of aliphatic carboxylic acids is 2. The number of carbonyl (C=O) groups is 4. The minimum atomic E-state index is -3.27. The molecule has 2 N–H and O–H groups in total. The van der Waals surface area contributed by atoms with E-state index in [1.54, 1.807) is 23.9 Å². The van der Waals surface area contributed by atoms with Crippen LogP contribution in [0, 0.1) is 60.4 Å². The van der Waals surface area contributed by atoms with Crippen molar-refractivity contribution in [3.8, 4) is 11.5 Å². The summed E-state index contributed by atoms with van der Waals surface area (Å²) in [5.41, 5.74) is -1.57. The number of likely N-dealkylation sites (N-methyl/N-ethyl adjacent to an activating group) is 2. The summed E-state index contributed by atoms with van der Waals surface area (Å²) >= 11 is 5.55. The fourth-order valence-corrected chi connectivity index (χ4v) is 12.7. The second-order valence-electron chi connectivity index (χ2n) is 17.0. The average molecular weight is 1280 g/mol. The molecular weight excluding hydrogens is 1200 g/mol. The van der Waals surface area contributed by atoms with Gasteiger partial charge in [0.2, 0.25) is 23.1 Å². The minimum Gasteiger partial charge on any atom is -0.481 e. The van der Waals surface area contributed by atoms with Crippen LogP contribution in [0.2, 0.25) is 0 Å². The van der Waals surface area contributed by atoms with Gasteiger partial charge in [-0.25, -0.2) is 43.2 Å². The molecular formula is C48H70F8N2O16S6. The van der Waals surface area contributed by atoms with Gasteiger partial charge in [-0.05, 0) is 27.9 Å². The predicted molar refractivity (Wildman–Crippen MR) is 292 cm³/mol. The van der Waals surface area contributed by atoms with E-state index in [2.05, 4.69) is 9.47 Å². The van der Waals surface area contributed by atoms with E-state index in [1.807, 2.05) is 0 Å². The van der Waals surface area contributed by atoms with Crippen LogP contribution in [-0.4, -0.2) is 223 Å². The second-order valence-corrected chi connectivity index (χ2v) is 26.5. The Hall–Kier alpha value is -3.18. The van der Waals surface area contributed by atoms with Crippen LogP contribution in [0.1, 0.15) is 36.8 Å². The first-order valence-corrected chi connectivity index (χ1v) is 32.9. The number of nitrogens with zero attached hydrogens (tertiary/aromatic N) is 2. The number of ether oxygens (including phenoxy) is 6. The van der Waals surface area contributed by atoms with Crippen molar-refractivity contribution in [2.24, 2.45) is 0 Å². The van der Waals surface area contributed by atoms with E-state index in [4.69, 9.17) is 29.2 Å². The van der Waals surface area contributed by atoms with Crippen molar-refractivity contribution in [2.45, 2.75) is 39.5 Å². The highest BCUT2D eigenvalue weighted by Crippen LogP contribution is 2.31. The Balaban J connectivity index is 0.000000809. The van der Waals surface area contributed by atoms with Crippen LogP contribution in [0.4, 0.5) is 35.1 Å². The smallest absolute Gasteiger partial charge is 0.312 e. The molecule has 80 heavy (non-hydrogen) atoms. The zero-order valence-electron chi connectivity index (χ0n) is 44.8. The Morgan fingerprint density at radius 2 is 0.738 bits per heavy atom. The van der Waals surface area contributed by atoms with E-state index in [0.29, 0.717) is 100 Å². The third kappa shape index (κ3) is 33.2. The average Bonchev–Trinajstić information content (AvgIpc) is 3.40. The summed E-state index contributed by atoms with van der Waals surface area (Å²) in [7, 11) is -2.98. The minimum absolute atomic E-state index is 0.0126. The van der Waals surface area contributed by atoms with E-state index in [9.17, 15) is 71.1 Å². The maximum Gasteiger partial charge on any atom is 0.312 e. The summed E-state index contributed by atoms with van der Waals surface area (Å²) < 4.78 is 187. The van der Waals surface area contributed by atoms with Crippen molar-refractivity contribution in [1.82, 2.24) is 9.80 Å². The normalized spacial score (nSPS) is 11.8. The number of hydrogen-bond donors (Lipinski definition) is 2. The number of halogens is 8. The Morgan fingerprint density at radius 3 is 1.11 bits per heavy atom. The standard InChI is InChI=1S/C26H39F4NO9S3.C22H31F4NO7S3/c1-19-22(27)24(29)25(30)26(23(19)28)40-21(34)4-13-41-14-10-38-8-9-39-11-15-42-16-18-43(35,36)17-12-37-7-6-31(2)5-3-20(32)33;1-15-18(23)20(25)21(26)22(19(15)24)34-17(30)4-9-35-10-11-36-12-14-37(31,32)13-8-33-7-6-27(2)5-3-16(28)29/h3-18H2,1-2H3,(H,32,33);3-14H2,1-2H3,(H,28,29).